The normalized spacial score (nSPS) is 12.2. The first-order chi connectivity index (χ1) is 13.7. The maximum Gasteiger partial charge on any atom is 0.263 e. The van der Waals surface area contributed by atoms with Gasteiger partial charge in [0.2, 0.25) is 5.91 Å². The lowest BCUT2D eigenvalue weighted by atomic mass is 10.1. The van der Waals surface area contributed by atoms with E-state index in [1.807, 2.05) is 20.8 Å². The predicted octanol–water partition coefficient (Wildman–Crippen LogP) is 4.42. The molecule has 2 heterocycles. The number of hydrogen-bond donors (Lipinski definition) is 1. The van der Waals surface area contributed by atoms with Gasteiger partial charge in [0.25, 0.3) is 5.56 Å². The number of benzene rings is 1. The second-order valence-corrected chi connectivity index (χ2v) is 9.30. The smallest absolute Gasteiger partial charge is 0.263 e. The molecule has 0 aliphatic carbocycles. The zero-order valence-electron chi connectivity index (χ0n) is 17.0. The maximum absolute atomic E-state index is 12.9. The van der Waals surface area contributed by atoms with Gasteiger partial charge in [-0.25, -0.2) is 4.98 Å². The number of fused-ring (bicyclic) bond motifs is 1. The molecule has 0 fully saturated rings. The van der Waals surface area contributed by atoms with E-state index in [9.17, 15) is 14.4 Å². The molecule has 6 nitrogen and oxygen atoms in total. The Hall–Kier alpha value is -2.45. The highest BCUT2D eigenvalue weighted by atomic mass is 32.2. The number of aromatic nitrogens is 2. The minimum atomic E-state index is -0.452. The second kappa shape index (κ2) is 8.51. The van der Waals surface area contributed by atoms with Gasteiger partial charge in [-0.3, -0.25) is 19.0 Å². The molecule has 1 amide bonds. The first-order valence-electron chi connectivity index (χ1n) is 9.32. The molecule has 1 atom stereocenters. The van der Waals surface area contributed by atoms with Gasteiger partial charge in [0.15, 0.2) is 10.9 Å². The highest BCUT2D eigenvalue weighted by Crippen LogP contribution is 2.30. The van der Waals surface area contributed by atoms with Crippen LogP contribution in [0.15, 0.2) is 34.2 Å². The van der Waals surface area contributed by atoms with Crippen molar-refractivity contribution in [2.24, 2.45) is 0 Å². The molecule has 1 N–H and O–H groups in total. The minimum absolute atomic E-state index is 0.0233. The monoisotopic (exact) mass is 429 g/mol. The molecule has 152 valence electrons. The van der Waals surface area contributed by atoms with Crippen molar-refractivity contribution >= 4 is 50.7 Å². The van der Waals surface area contributed by atoms with Crippen LogP contribution in [0.2, 0.25) is 0 Å². The van der Waals surface area contributed by atoms with Gasteiger partial charge in [0, 0.05) is 22.7 Å². The maximum atomic E-state index is 12.9. The van der Waals surface area contributed by atoms with Gasteiger partial charge in [-0.15, -0.1) is 11.3 Å². The zero-order chi connectivity index (χ0) is 21.3. The Labute approximate surface area is 177 Å². The van der Waals surface area contributed by atoms with E-state index in [1.165, 1.54) is 30.0 Å². The number of thioether (sulfide) groups is 1. The summed E-state index contributed by atoms with van der Waals surface area (Å²) >= 11 is 2.77. The third-order valence-electron chi connectivity index (χ3n) is 4.78. The molecule has 0 saturated heterocycles. The van der Waals surface area contributed by atoms with Gasteiger partial charge < -0.3 is 5.32 Å². The lowest BCUT2D eigenvalue weighted by Gasteiger charge is -2.15. The van der Waals surface area contributed by atoms with Gasteiger partial charge in [0.05, 0.1) is 10.6 Å². The van der Waals surface area contributed by atoms with Gasteiger partial charge in [-0.2, -0.15) is 0 Å². The average Bonchev–Trinajstić information content (AvgIpc) is 2.96. The van der Waals surface area contributed by atoms with Crippen molar-refractivity contribution in [3.05, 3.63) is 50.6 Å². The number of aryl methyl sites for hydroxylation is 2. The molecule has 8 heteroatoms. The molecule has 0 radical (unpaired) electrons. The van der Waals surface area contributed by atoms with Gasteiger partial charge >= 0.3 is 0 Å². The molecule has 0 aliphatic rings. The van der Waals surface area contributed by atoms with E-state index in [0.717, 1.165) is 10.4 Å². The summed E-state index contributed by atoms with van der Waals surface area (Å²) in [5.41, 5.74) is 2.13. The highest BCUT2D eigenvalue weighted by molar-refractivity contribution is 8.00. The summed E-state index contributed by atoms with van der Waals surface area (Å²) < 4.78 is 1.62. The fourth-order valence-electron chi connectivity index (χ4n) is 2.92. The summed E-state index contributed by atoms with van der Waals surface area (Å²) in [4.78, 5) is 43.4. The van der Waals surface area contributed by atoms with E-state index in [-0.39, 0.29) is 17.2 Å². The molecule has 2 aromatic heterocycles. The van der Waals surface area contributed by atoms with Crippen molar-refractivity contribution in [2.75, 3.05) is 5.32 Å². The topological polar surface area (TPSA) is 81.1 Å². The largest absolute Gasteiger partial charge is 0.325 e. The fourth-order valence-corrected chi connectivity index (χ4v) is 4.96. The van der Waals surface area contributed by atoms with Gasteiger partial charge in [-0.1, -0.05) is 11.8 Å². The van der Waals surface area contributed by atoms with Crippen LogP contribution in [0.3, 0.4) is 0 Å². The average molecular weight is 430 g/mol. The fraction of sp³-hybridized carbons (Fsp3) is 0.333. The van der Waals surface area contributed by atoms with Crippen LogP contribution in [0.25, 0.3) is 10.2 Å². The van der Waals surface area contributed by atoms with Crippen molar-refractivity contribution in [1.29, 1.82) is 0 Å². The molecule has 1 aromatic carbocycles. The quantitative estimate of drug-likeness (QED) is 0.356. The Bertz CT molecular complexity index is 1150. The minimum Gasteiger partial charge on any atom is -0.325 e. The second-order valence-electron chi connectivity index (χ2n) is 6.79. The number of carbonyl (C=O) groups excluding carboxylic acids is 2. The lowest BCUT2D eigenvalue weighted by Crippen LogP contribution is -2.26. The number of amides is 1. The first-order valence-corrected chi connectivity index (χ1v) is 11.0. The molecule has 0 spiro atoms. The van der Waals surface area contributed by atoms with E-state index in [1.54, 1.807) is 35.8 Å². The molecular formula is C21H23N3O3S2. The number of Topliss-reactive ketones (excluding diaryl/α,β-unsaturated/α-hetero) is 1. The van der Waals surface area contributed by atoms with E-state index in [0.29, 0.717) is 33.2 Å². The van der Waals surface area contributed by atoms with Crippen molar-refractivity contribution in [2.45, 2.75) is 51.6 Å². The molecule has 3 aromatic rings. The SMILES string of the molecule is CCn1c(S[C@@H](C)C(=O)Nc2ccc(C(C)=O)cc2)nc2sc(C)c(C)c2c1=O. The lowest BCUT2D eigenvalue weighted by molar-refractivity contribution is -0.115. The highest BCUT2D eigenvalue weighted by Gasteiger charge is 2.21. The summed E-state index contributed by atoms with van der Waals surface area (Å²) in [6, 6.07) is 6.77. The van der Waals surface area contributed by atoms with Crippen molar-refractivity contribution < 1.29 is 9.59 Å². The number of carbonyl (C=O) groups is 2. The van der Waals surface area contributed by atoms with Crippen LogP contribution in [0, 0.1) is 13.8 Å². The van der Waals surface area contributed by atoms with Crippen LogP contribution in [0.5, 0.6) is 0 Å². The Morgan fingerprint density at radius 1 is 1.24 bits per heavy atom. The number of hydrogen-bond acceptors (Lipinski definition) is 6. The molecule has 29 heavy (non-hydrogen) atoms. The summed E-state index contributed by atoms with van der Waals surface area (Å²) in [6.07, 6.45) is 0. The molecule has 3 rings (SSSR count). The van der Waals surface area contributed by atoms with E-state index < -0.39 is 5.25 Å². The van der Waals surface area contributed by atoms with Crippen LogP contribution < -0.4 is 10.9 Å². The number of anilines is 1. The number of ketones is 1. The Morgan fingerprint density at radius 3 is 2.48 bits per heavy atom. The summed E-state index contributed by atoms with van der Waals surface area (Å²) in [7, 11) is 0. The number of nitrogens with zero attached hydrogens (tertiary/aromatic N) is 2. The molecular weight excluding hydrogens is 406 g/mol. The number of thiophene rings is 1. The molecule has 0 saturated carbocycles. The summed E-state index contributed by atoms with van der Waals surface area (Å²) in [5, 5.41) is 3.61. The van der Waals surface area contributed by atoms with Crippen LogP contribution in [-0.2, 0) is 11.3 Å². The van der Waals surface area contributed by atoms with Crippen LogP contribution in [0.4, 0.5) is 5.69 Å². The van der Waals surface area contributed by atoms with Crippen molar-refractivity contribution in [3.8, 4) is 0 Å². The first kappa shape index (κ1) is 21.3. The van der Waals surface area contributed by atoms with Crippen molar-refractivity contribution in [3.63, 3.8) is 0 Å². The van der Waals surface area contributed by atoms with Crippen LogP contribution >= 0.6 is 23.1 Å². The molecule has 0 aliphatic heterocycles. The number of nitrogens with one attached hydrogen (secondary N) is 1. The summed E-state index contributed by atoms with van der Waals surface area (Å²) in [6.45, 7) is 9.59. The van der Waals surface area contributed by atoms with E-state index >= 15 is 0 Å². The van der Waals surface area contributed by atoms with Gasteiger partial charge in [-0.05, 0) is 64.4 Å². The standard InChI is InChI=1S/C21H23N3O3S2/c1-6-24-20(27)17-11(2)13(4)28-19(17)23-21(24)29-14(5)18(26)22-16-9-7-15(8-10-16)12(3)25/h7-10,14H,6H2,1-5H3,(H,22,26)/t14-/m0/s1. The van der Waals surface area contributed by atoms with Crippen LogP contribution in [-0.4, -0.2) is 26.5 Å². The third-order valence-corrected chi connectivity index (χ3v) is 6.97. The Morgan fingerprint density at radius 2 is 1.90 bits per heavy atom. The zero-order valence-corrected chi connectivity index (χ0v) is 18.7. The molecule has 0 bridgehead atoms. The van der Waals surface area contributed by atoms with Crippen molar-refractivity contribution in [1.82, 2.24) is 9.55 Å². The Kier molecular flexibility index (Phi) is 6.24. The summed E-state index contributed by atoms with van der Waals surface area (Å²) in [5.74, 6) is -0.217. The number of rotatable bonds is 6. The molecule has 0 unspecified atom stereocenters. The third kappa shape index (κ3) is 4.28. The van der Waals surface area contributed by atoms with Crippen LogP contribution in [0.1, 0.15) is 41.6 Å². The Balaban J connectivity index is 1.83. The van der Waals surface area contributed by atoms with E-state index in [4.69, 9.17) is 0 Å². The predicted molar refractivity (Wildman–Crippen MR) is 119 cm³/mol. The van der Waals surface area contributed by atoms with Gasteiger partial charge in [0.1, 0.15) is 4.83 Å². The van der Waals surface area contributed by atoms with E-state index in [2.05, 4.69) is 10.3 Å².